The van der Waals surface area contributed by atoms with Gasteiger partial charge in [0.2, 0.25) is 0 Å². The maximum absolute atomic E-state index is 13.7. The maximum atomic E-state index is 13.7. The molecule has 0 amide bonds. The molecule has 0 bridgehead atoms. The molecule has 1 aliphatic rings. The summed E-state index contributed by atoms with van der Waals surface area (Å²) in [6.45, 7) is 5.28. The summed E-state index contributed by atoms with van der Waals surface area (Å²) in [4.78, 5) is 2.37. The third-order valence-electron chi connectivity index (χ3n) is 3.78. The lowest BCUT2D eigenvalue weighted by Gasteiger charge is -2.31. The largest absolute Gasteiger partial charge is 0.388 e. The molecular formula is C15H21BrFNO. The van der Waals surface area contributed by atoms with E-state index in [0.29, 0.717) is 12.0 Å². The van der Waals surface area contributed by atoms with Crippen LogP contribution in [0.25, 0.3) is 0 Å². The minimum atomic E-state index is -0.727. The van der Waals surface area contributed by atoms with Crippen LogP contribution in [0.1, 0.15) is 37.9 Å². The lowest BCUT2D eigenvalue weighted by Crippen LogP contribution is -2.35. The molecule has 0 saturated carbocycles. The zero-order valence-electron chi connectivity index (χ0n) is 11.3. The second-order valence-electron chi connectivity index (χ2n) is 5.52. The molecule has 2 unspecified atom stereocenters. The van der Waals surface area contributed by atoms with Gasteiger partial charge in [0.05, 0.1) is 6.10 Å². The molecule has 2 nitrogen and oxygen atoms in total. The first-order chi connectivity index (χ1) is 9.06. The Hall–Kier alpha value is -0.450. The molecule has 0 aromatic heterocycles. The quantitative estimate of drug-likeness (QED) is 0.909. The zero-order chi connectivity index (χ0) is 13.8. The van der Waals surface area contributed by atoms with E-state index < -0.39 is 6.10 Å². The van der Waals surface area contributed by atoms with E-state index in [9.17, 15) is 9.50 Å². The van der Waals surface area contributed by atoms with Gasteiger partial charge in [-0.05, 0) is 49.9 Å². The van der Waals surface area contributed by atoms with Crippen LogP contribution in [-0.2, 0) is 0 Å². The molecule has 2 atom stereocenters. The van der Waals surface area contributed by atoms with Crippen LogP contribution < -0.4 is 0 Å². The topological polar surface area (TPSA) is 23.5 Å². The van der Waals surface area contributed by atoms with E-state index in [2.05, 4.69) is 27.8 Å². The Balaban J connectivity index is 1.90. The molecule has 1 aromatic carbocycles. The molecule has 1 fully saturated rings. The van der Waals surface area contributed by atoms with E-state index >= 15 is 0 Å². The second kappa shape index (κ2) is 6.82. The van der Waals surface area contributed by atoms with Crippen molar-refractivity contribution in [1.82, 2.24) is 4.90 Å². The third-order valence-corrected chi connectivity index (χ3v) is 4.27. The number of hydrogen-bond donors (Lipinski definition) is 1. The van der Waals surface area contributed by atoms with Crippen LogP contribution in [0.2, 0.25) is 0 Å². The first-order valence-electron chi connectivity index (χ1n) is 6.91. The highest BCUT2D eigenvalue weighted by Gasteiger charge is 2.19. The normalized spacial score (nSPS) is 22.4. The van der Waals surface area contributed by atoms with Crippen LogP contribution >= 0.6 is 15.9 Å². The zero-order valence-corrected chi connectivity index (χ0v) is 12.9. The number of aliphatic hydroxyl groups excluding tert-OH is 1. The molecule has 19 heavy (non-hydrogen) atoms. The lowest BCUT2D eigenvalue weighted by molar-refractivity contribution is 0.119. The molecule has 1 heterocycles. The number of rotatable bonds is 4. The molecule has 1 aliphatic heterocycles. The predicted octanol–water partition coefficient (Wildman–Crippen LogP) is 3.74. The van der Waals surface area contributed by atoms with E-state index in [4.69, 9.17) is 0 Å². The van der Waals surface area contributed by atoms with Crippen molar-refractivity contribution in [2.24, 2.45) is 5.92 Å². The molecule has 0 aliphatic carbocycles. The Kier molecular flexibility index (Phi) is 5.37. The highest BCUT2D eigenvalue weighted by atomic mass is 79.9. The van der Waals surface area contributed by atoms with Crippen LogP contribution in [0, 0.1) is 11.7 Å². The summed E-state index contributed by atoms with van der Waals surface area (Å²) >= 11 is 3.31. The van der Waals surface area contributed by atoms with Gasteiger partial charge in [-0.15, -0.1) is 0 Å². The van der Waals surface area contributed by atoms with Gasteiger partial charge in [0, 0.05) is 23.1 Å². The molecule has 0 radical (unpaired) electrons. The van der Waals surface area contributed by atoms with Gasteiger partial charge in [0.15, 0.2) is 0 Å². The highest BCUT2D eigenvalue weighted by molar-refractivity contribution is 9.10. The van der Waals surface area contributed by atoms with Crippen molar-refractivity contribution < 1.29 is 9.50 Å². The number of benzene rings is 1. The Morgan fingerprint density at radius 2 is 2.32 bits per heavy atom. The van der Waals surface area contributed by atoms with E-state index in [1.54, 1.807) is 12.1 Å². The van der Waals surface area contributed by atoms with Crippen molar-refractivity contribution in [3.05, 3.63) is 34.1 Å². The summed E-state index contributed by atoms with van der Waals surface area (Å²) in [5.41, 5.74) is 0.388. The van der Waals surface area contributed by atoms with Crippen LogP contribution in [-0.4, -0.2) is 29.6 Å². The van der Waals surface area contributed by atoms with Crippen LogP contribution in [0.5, 0.6) is 0 Å². The maximum Gasteiger partial charge on any atom is 0.129 e. The summed E-state index contributed by atoms with van der Waals surface area (Å²) in [6, 6.07) is 4.71. The summed E-state index contributed by atoms with van der Waals surface area (Å²) in [7, 11) is 0. The summed E-state index contributed by atoms with van der Waals surface area (Å²) in [6.07, 6.45) is 2.37. The van der Waals surface area contributed by atoms with Crippen LogP contribution in [0.15, 0.2) is 22.7 Å². The van der Waals surface area contributed by atoms with Crippen molar-refractivity contribution in [3.63, 3.8) is 0 Å². The number of halogens is 2. The minimum absolute atomic E-state index is 0.331. The molecular weight excluding hydrogens is 309 g/mol. The number of nitrogens with zero attached hydrogens (tertiary/aromatic N) is 1. The van der Waals surface area contributed by atoms with Gasteiger partial charge in [-0.3, -0.25) is 0 Å². The van der Waals surface area contributed by atoms with Gasteiger partial charge in [0.25, 0.3) is 0 Å². The van der Waals surface area contributed by atoms with Crippen molar-refractivity contribution >= 4 is 15.9 Å². The fraction of sp³-hybridized carbons (Fsp3) is 0.600. The molecule has 1 N–H and O–H groups in total. The third kappa shape index (κ3) is 4.26. The van der Waals surface area contributed by atoms with E-state index in [1.807, 2.05) is 0 Å². The van der Waals surface area contributed by atoms with Gasteiger partial charge in [-0.1, -0.05) is 22.9 Å². The summed E-state index contributed by atoms with van der Waals surface area (Å²) < 4.78 is 14.5. The average Bonchev–Trinajstić information content (AvgIpc) is 2.39. The molecule has 4 heteroatoms. The fourth-order valence-electron chi connectivity index (χ4n) is 2.72. The minimum Gasteiger partial charge on any atom is -0.388 e. The highest BCUT2D eigenvalue weighted by Crippen LogP contribution is 2.25. The summed E-state index contributed by atoms with van der Waals surface area (Å²) in [5, 5.41) is 10.1. The molecule has 1 saturated heterocycles. The second-order valence-corrected chi connectivity index (χ2v) is 6.43. The van der Waals surface area contributed by atoms with Crippen molar-refractivity contribution in [2.45, 2.75) is 32.3 Å². The smallest absolute Gasteiger partial charge is 0.129 e. The first-order valence-corrected chi connectivity index (χ1v) is 7.71. The van der Waals surface area contributed by atoms with E-state index in [0.717, 1.165) is 30.0 Å². The van der Waals surface area contributed by atoms with Crippen molar-refractivity contribution in [3.8, 4) is 0 Å². The number of aliphatic hydroxyl groups is 1. The van der Waals surface area contributed by atoms with Gasteiger partial charge < -0.3 is 10.0 Å². The SMILES string of the molecule is CC1CCCN(CCC(O)c2cc(Br)ccc2F)C1. The number of hydrogen-bond acceptors (Lipinski definition) is 2. The molecule has 2 rings (SSSR count). The van der Waals surface area contributed by atoms with E-state index in [-0.39, 0.29) is 5.82 Å². The van der Waals surface area contributed by atoms with Crippen molar-refractivity contribution in [2.75, 3.05) is 19.6 Å². The molecule has 1 aromatic rings. The van der Waals surface area contributed by atoms with Gasteiger partial charge in [-0.25, -0.2) is 4.39 Å². The van der Waals surface area contributed by atoms with E-state index in [1.165, 1.54) is 18.9 Å². The van der Waals surface area contributed by atoms with Crippen molar-refractivity contribution in [1.29, 1.82) is 0 Å². The van der Waals surface area contributed by atoms with Gasteiger partial charge in [0.1, 0.15) is 5.82 Å². The summed E-state index contributed by atoms with van der Waals surface area (Å²) in [5.74, 6) is 0.399. The number of likely N-dealkylation sites (tertiary alicyclic amines) is 1. The average molecular weight is 330 g/mol. The van der Waals surface area contributed by atoms with Crippen LogP contribution in [0.4, 0.5) is 4.39 Å². The predicted molar refractivity (Wildman–Crippen MR) is 78.5 cm³/mol. The Labute approximate surface area is 122 Å². The Morgan fingerprint density at radius 3 is 3.05 bits per heavy atom. The Bertz CT molecular complexity index is 427. The van der Waals surface area contributed by atoms with Gasteiger partial charge >= 0.3 is 0 Å². The van der Waals surface area contributed by atoms with Crippen LogP contribution in [0.3, 0.4) is 0 Å². The molecule has 106 valence electrons. The lowest BCUT2D eigenvalue weighted by atomic mass is 9.99. The van der Waals surface area contributed by atoms with Gasteiger partial charge in [-0.2, -0.15) is 0 Å². The Morgan fingerprint density at radius 1 is 1.53 bits per heavy atom. The number of piperidine rings is 1. The first kappa shape index (κ1) is 14.9. The monoisotopic (exact) mass is 329 g/mol. The molecule has 0 spiro atoms. The standard InChI is InChI=1S/C15H21BrFNO/c1-11-3-2-7-18(10-11)8-6-15(19)13-9-12(16)4-5-14(13)17/h4-5,9,11,15,19H,2-3,6-8,10H2,1H3. The fourth-order valence-corrected chi connectivity index (χ4v) is 3.10.